The van der Waals surface area contributed by atoms with Crippen molar-refractivity contribution in [3.05, 3.63) is 35.4 Å². The summed E-state index contributed by atoms with van der Waals surface area (Å²) in [4.78, 5) is 123. The van der Waals surface area contributed by atoms with Gasteiger partial charge in [0.2, 0.25) is 41.4 Å². The maximum atomic E-state index is 14.3. The molecule has 19 nitrogen and oxygen atoms in total. The highest BCUT2D eigenvalue weighted by molar-refractivity contribution is 7.98. The highest BCUT2D eigenvalue weighted by atomic mass is 32.2. The Bertz CT molecular complexity index is 1770. The first kappa shape index (κ1) is 51.5. The van der Waals surface area contributed by atoms with Crippen LogP contribution in [-0.4, -0.2) is 122 Å². The van der Waals surface area contributed by atoms with Crippen molar-refractivity contribution in [3.63, 3.8) is 0 Å². The van der Waals surface area contributed by atoms with Crippen molar-refractivity contribution in [1.82, 2.24) is 31.5 Å². The second-order valence-electron chi connectivity index (χ2n) is 15.3. The number of hydrogen-bond acceptors (Lipinski definition) is 10. The van der Waals surface area contributed by atoms with Crippen LogP contribution in [-0.2, 0) is 55.0 Å². The van der Waals surface area contributed by atoms with E-state index in [1.807, 2.05) is 13.8 Å². The number of likely N-dealkylation sites (tertiary alicyclic amines) is 1. The van der Waals surface area contributed by atoms with Crippen molar-refractivity contribution < 1.29 is 66.6 Å². The van der Waals surface area contributed by atoms with Crippen molar-refractivity contribution in [2.45, 2.75) is 115 Å². The van der Waals surface area contributed by atoms with Gasteiger partial charge in [-0.25, -0.2) is 0 Å². The van der Waals surface area contributed by atoms with Crippen LogP contribution in [0.4, 0.5) is 8.78 Å². The predicted octanol–water partition coefficient (Wildman–Crippen LogP) is 0.306. The van der Waals surface area contributed by atoms with E-state index in [9.17, 15) is 56.8 Å². The van der Waals surface area contributed by atoms with Crippen LogP contribution in [0.15, 0.2) is 24.3 Å². The summed E-state index contributed by atoms with van der Waals surface area (Å²) in [5.41, 5.74) is 0.0146. The molecule has 0 unspecified atom stereocenters. The summed E-state index contributed by atoms with van der Waals surface area (Å²) in [7, 11) is -5.92. The molecule has 336 valence electrons. The van der Waals surface area contributed by atoms with Crippen LogP contribution in [0.2, 0.25) is 0 Å². The van der Waals surface area contributed by atoms with E-state index in [2.05, 4.69) is 26.6 Å². The van der Waals surface area contributed by atoms with Crippen LogP contribution in [0.3, 0.4) is 0 Å². The molecule has 2 rings (SSSR count). The first-order valence-electron chi connectivity index (χ1n) is 19.1. The van der Waals surface area contributed by atoms with Gasteiger partial charge in [0.15, 0.2) is 0 Å². The monoisotopic (exact) mass is 891 g/mol. The van der Waals surface area contributed by atoms with E-state index in [0.717, 1.165) is 19.1 Å². The van der Waals surface area contributed by atoms with E-state index in [4.69, 9.17) is 15.5 Å². The molecule has 1 fully saturated rings. The molecular formula is C37H56F2N7O12PS. The van der Waals surface area contributed by atoms with Gasteiger partial charge in [0.25, 0.3) is 0 Å². The minimum atomic E-state index is -5.92. The van der Waals surface area contributed by atoms with Crippen molar-refractivity contribution in [1.29, 1.82) is 0 Å². The largest absolute Gasteiger partial charge is 0.481 e. The van der Waals surface area contributed by atoms with Crippen LogP contribution in [0.5, 0.6) is 0 Å². The predicted molar refractivity (Wildman–Crippen MR) is 215 cm³/mol. The maximum absolute atomic E-state index is 14.3. The van der Waals surface area contributed by atoms with E-state index in [1.165, 1.54) is 16.7 Å². The summed E-state index contributed by atoms with van der Waals surface area (Å²) in [5.74, 6) is -7.25. The molecule has 6 atom stereocenters. The molecule has 60 heavy (non-hydrogen) atoms. The van der Waals surface area contributed by atoms with Gasteiger partial charge in [0.05, 0.1) is 6.42 Å². The van der Waals surface area contributed by atoms with Gasteiger partial charge >= 0.3 is 19.2 Å². The Morgan fingerprint density at radius 3 is 1.95 bits per heavy atom. The second kappa shape index (κ2) is 22.8. The van der Waals surface area contributed by atoms with Gasteiger partial charge < -0.3 is 52.1 Å². The summed E-state index contributed by atoms with van der Waals surface area (Å²) in [6, 6.07) is -4.29. The van der Waals surface area contributed by atoms with Crippen LogP contribution in [0.25, 0.3) is 0 Å². The van der Waals surface area contributed by atoms with Crippen molar-refractivity contribution >= 4 is 66.7 Å². The number of nitrogens with zero attached hydrogens (tertiary/aromatic N) is 1. The van der Waals surface area contributed by atoms with E-state index < -0.39 is 121 Å². The molecule has 23 heteroatoms. The Balaban J connectivity index is 2.42. The molecule has 10 N–H and O–H groups in total. The van der Waals surface area contributed by atoms with Crippen LogP contribution < -0.4 is 32.3 Å². The number of nitrogens with one attached hydrogen (secondary N) is 5. The van der Waals surface area contributed by atoms with Gasteiger partial charge in [0, 0.05) is 25.5 Å². The molecule has 0 bridgehead atoms. The number of rotatable bonds is 23. The van der Waals surface area contributed by atoms with Gasteiger partial charge in [-0.2, -0.15) is 20.5 Å². The molecule has 0 aromatic heterocycles. The number of amides is 7. The zero-order valence-electron chi connectivity index (χ0n) is 34.2. The minimum Gasteiger partial charge on any atom is -0.481 e. The lowest BCUT2D eigenvalue weighted by atomic mass is 9.99. The van der Waals surface area contributed by atoms with Crippen LogP contribution in [0.1, 0.15) is 77.8 Å². The SMILES string of the molecule is CSCC[C@H](NC(=O)[C@@H]1CCCN1C(=O)[C@@H](NC(=O)[C@H](Cc1ccc(C(F)(F)P(=O)(O)O)cc1)NC(=O)[C@H](CC(=O)O)NC(C)=O)C(C)C)C(=O)N[C@@H](CC(C)C)C(N)=O. The third-order valence-corrected chi connectivity index (χ3v) is 11.1. The molecule has 1 aliphatic heterocycles. The lowest BCUT2D eigenvalue weighted by molar-refractivity contribution is -0.143. The summed E-state index contributed by atoms with van der Waals surface area (Å²) >= 11 is 1.42. The van der Waals surface area contributed by atoms with E-state index in [1.54, 1.807) is 20.1 Å². The quantitative estimate of drug-likeness (QED) is 0.0670. The zero-order valence-corrected chi connectivity index (χ0v) is 35.9. The number of aliphatic carboxylic acids is 1. The first-order valence-corrected chi connectivity index (χ1v) is 22.1. The molecule has 1 aromatic carbocycles. The molecule has 0 spiro atoms. The van der Waals surface area contributed by atoms with E-state index in [-0.39, 0.29) is 37.3 Å². The van der Waals surface area contributed by atoms with Gasteiger partial charge in [-0.3, -0.25) is 42.9 Å². The number of carbonyl (C=O) groups excluding carboxylic acids is 7. The number of halogens is 2. The molecule has 1 saturated heterocycles. The fraction of sp³-hybridized carbons (Fsp3) is 0.622. The lowest BCUT2D eigenvalue weighted by Crippen LogP contribution is -2.60. The maximum Gasteiger partial charge on any atom is 0.399 e. The molecule has 7 amide bonds. The summed E-state index contributed by atoms with van der Waals surface area (Å²) < 4.78 is 40.1. The van der Waals surface area contributed by atoms with Crippen molar-refractivity contribution in [2.75, 3.05) is 18.6 Å². The number of hydrogen-bond donors (Lipinski definition) is 9. The van der Waals surface area contributed by atoms with Crippen molar-refractivity contribution in [3.8, 4) is 0 Å². The normalized spacial score (nSPS) is 16.9. The lowest BCUT2D eigenvalue weighted by Gasteiger charge is -2.32. The Kier molecular flexibility index (Phi) is 19.6. The summed E-state index contributed by atoms with van der Waals surface area (Å²) in [6.07, 6.45) is 1.49. The summed E-state index contributed by atoms with van der Waals surface area (Å²) in [6.45, 7) is 8.00. The topological polar surface area (TPSA) is 304 Å². The van der Waals surface area contributed by atoms with Gasteiger partial charge in [-0.05, 0) is 55.1 Å². The average molecular weight is 892 g/mol. The number of primary amides is 1. The Morgan fingerprint density at radius 1 is 0.883 bits per heavy atom. The Morgan fingerprint density at radius 2 is 1.45 bits per heavy atom. The second-order valence-corrected chi connectivity index (χ2v) is 17.9. The van der Waals surface area contributed by atoms with E-state index >= 15 is 0 Å². The average Bonchev–Trinajstić information content (AvgIpc) is 3.63. The van der Waals surface area contributed by atoms with E-state index in [0.29, 0.717) is 24.3 Å². The molecule has 0 radical (unpaired) electrons. The van der Waals surface area contributed by atoms with Crippen molar-refractivity contribution in [2.24, 2.45) is 17.6 Å². The zero-order chi connectivity index (χ0) is 45.7. The Labute approximate surface area is 350 Å². The Hall–Kier alpha value is -4.66. The first-order chi connectivity index (χ1) is 27.8. The van der Waals surface area contributed by atoms with Gasteiger partial charge in [0.1, 0.15) is 36.3 Å². The van der Waals surface area contributed by atoms with Crippen LogP contribution in [0, 0.1) is 11.8 Å². The number of alkyl halides is 2. The number of nitrogens with two attached hydrogens (primary N) is 1. The number of carboxylic acids is 1. The van der Waals surface area contributed by atoms with Gasteiger partial charge in [-0.1, -0.05) is 52.0 Å². The molecule has 1 aliphatic rings. The fourth-order valence-electron chi connectivity index (χ4n) is 6.37. The summed E-state index contributed by atoms with van der Waals surface area (Å²) in [5, 5.41) is 21.8. The molecule has 0 aliphatic carbocycles. The molecular weight excluding hydrogens is 835 g/mol. The third-order valence-electron chi connectivity index (χ3n) is 9.49. The number of thioether (sulfide) groups is 1. The molecule has 1 aromatic rings. The smallest absolute Gasteiger partial charge is 0.399 e. The highest BCUT2D eigenvalue weighted by Crippen LogP contribution is 2.59. The number of benzene rings is 1. The van der Waals surface area contributed by atoms with Crippen LogP contribution >= 0.6 is 19.4 Å². The fourth-order valence-corrected chi connectivity index (χ4v) is 7.32. The number of carbonyl (C=O) groups is 8. The third kappa shape index (κ3) is 15.1. The standard InChI is InChI=1S/C37H56F2N7O12PS/c1-19(2)16-25(31(40)50)43-32(51)24(13-15-60-6)42-35(54)28-8-7-14-46(28)36(55)30(20(3)4)45-34(53)26(44-33(52)27(18-29(48)49)41-21(5)47)17-22-9-11-23(12-10-22)37(38,39)59(56,57)58/h9-12,19-20,24-28,30H,7-8,13-18H2,1-6H3,(H2,40,50)(H,41,47)(H,42,54)(H,43,51)(H,44,52)(H,45,53)(H,48,49)(H2,56,57,58)/t24-,25-,26-,27-,28-,30-/m0/s1. The molecule has 1 heterocycles. The minimum absolute atomic E-state index is 0.0175. The van der Waals surface area contributed by atoms with Gasteiger partial charge in [-0.15, -0.1) is 0 Å². The molecule has 0 saturated carbocycles. The number of carboxylic acid groups (broad SMARTS) is 1. The highest BCUT2D eigenvalue weighted by Gasteiger charge is 2.50.